The summed E-state index contributed by atoms with van der Waals surface area (Å²) in [5.41, 5.74) is -1.06. The van der Waals surface area contributed by atoms with Crippen LogP contribution in [0.1, 0.15) is 65.2 Å². The fourth-order valence-electron chi connectivity index (χ4n) is 3.13. The molecule has 1 atom stereocenters. The SMILES string of the molecule is COC(=O)[C@H](CCOc1cccc(C=O)c1B1OC(C)(C)C(C)(C)O1)NC(=O)OC(C)(C)C. The lowest BCUT2D eigenvalue weighted by Gasteiger charge is -2.32. The standard InChI is InChI=1S/C23H34BNO8/c1-21(2,3)31-20(28)25-16(19(27)29-8)12-13-30-17-11-9-10-15(14-26)18(17)24-32-22(4,5)23(6,7)33-24/h9-11,14,16H,12-13H2,1-8H3,(H,25,28)/t16-/m0/s1. The number of benzene rings is 1. The maximum absolute atomic E-state index is 12.1. The Morgan fingerprint density at radius 3 is 2.27 bits per heavy atom. The average molecular weight is 463 g/mol. The lowest BCUT2D eigenvalue weighted by molar-refractivity contribution is -0.143. The molecular formula is C23H34BNO8. The number of methoxy groups -OCH3 is 1. The monoisotopic (exact) mass is 463 g/mol. The molecule has 1 heterocycles. The zero-order valence-corrected chi connectivity index (χ0v) is 20.6. The molecule has 1 N–H and O–H groups in total. The van der Waals surface area contributed by atoms with Gasteiger partial charge in [-0.15, -0.1) is 0 Å². The highest BCUT2D eigenvalue weighted by Gasteiger charge is 2.53. The van der Waals surface area contributed by atoms with E-state index in [9.17, 15) is 14.4 Å². The van der Waals surface area contributed by atoms with Gasteiger partial charge in [-0.25, -0.2) is 9.59 Å². The van der Waals surface area contributed by atoms with Crippen molar-refractivity contribution < 1.29 is 37.9 Å². The van der Waals surface area contributed by atoms with E-state index >= 15 is 0 Å². The molecule has 9 nitrogen and oxygen atoms in total. The molecule has 1 saturated heterocycles. The second-order valence-corrected chi connectivity index (χ2v) is 9.82. The molecule has 33 heavy (non-hydrogen) atoms. The first-order valence-corrected chi connectivity index (χ1v) is 10.8. The van der Waals surface area contributed by atoms with Gasteiger partial charge < -0.3 is 28.8 Å². The maximum Gasteiger partial charge on any atom is 0.499 e. The summed E-state index contributed by atoms with van der Waals surface area (Å²) in [6.45, 7) is 12.9. The molecule has 0 aromatic heterocycles. The van der Waals surface area contributed by atoms with E-state index < -0.39 is 42.0 Å². The normalized spacial score (nSPS) is 17.8. The molecule has 0 unspecified atom stereocenters. The number of esters is 1. The Labute approximate surface area is 195 Å². The maximum atomic E-state index is 12.1. The number of ether oxygens (including phenoxy) is 3. The van der Waals surface area contributed by atoms with Crippen LogP contribution in [0.5, 0.6) is 5.75 Å². The van der Waals surface area contributed by atoms with Crippen molar-refractivity contribution in [2.24, 2.45) is 0 Å². The van der Waals surface area contributed by atoms with Crippen LogP contribution in [0.4, 0.5) is 4.79 Å². The van der Waals surface area contributed by atoms with Crippen molar-refractivity contribution in [2.45, 2.75) is 77.7 Å². The molecular weight excluding hydrogens is 429 g/mol. The summed E-state index contributed by atoms with van der Waals surface area (Å²) in [7, 11) is 0.430. The lowest BCUT2D eigenvalue weighted by Crippen LogP contribution is -2.45. The van der Waals surface area contributed by atoms with Gasteiger partial charge in [-0.1, -0.05) is 12.1 Å². The molecule has 10 heteroatoms. The van der Waals surface area contributed by atoms with Crippen LogP contribution in [0, 0.1) is 0 Å². The Morgan fingerprint density at radius 1 is 1.15 bits per heavy atom. The largest absolute Gasteiger partial charge is 0.499 e. The number of amides is 1. The second-order valence-electron chi connectivity index (χ2n) is 9.82. The number of carbonyl (C=O) groups is 3. The minimum absolute atomic E-state index is 0.0460. The van der Waals surface area contributed by atoms with Crippen LogP contribution in [0.25, 0.3) is 0 Å². The van der Waals surface area contributed by atoms with E-state index in [2.05, 4.69) is 5.32 Å². The molecule has 1 aliphatic heterocycles. The highest BCUT2D eigenvalue weighted by molar-refractivity contribution is 6.64. The number of alkyl carbamates (subject to hydrolysis) is 1. The third-order valence-corrected chi connectivity index (χ3v) is 5.56. The Balaban J connectivity index is 2.16. The average Bonchev–Trinajstić information content (AvgIpc) is 2.91. The molecule has 1 aromatic carbocycles. The van der Waals surface area contributed by atoms with Crippen molar-refractivity contribution in [1.29, 1.82) is 0 Å². The van der Waals surface area contributed by atoms with Crippen LogP contribution in [0.2, 0.25) is 0 Å². The summed E-state index contributed by atoms with van der Waals surface area (Å²) < 4.78 is 28.1. The minimum atomic E-state index is -0.973. The van der Waals surface area contributed by atoms with Gasteiger partial charge in [0.1, 0.15) is 23.7 Å². The van der Waals surface area contributed by atoms with Crippen molar-refractivity contribution >= 4 is 30.9 Å². The number of carbonyl (C=O) groups excluding carboxylic acids is 3. The molecule has 0 bridgehead atoms. The van der Waals surface area contributed by atoms with Gasteiger partial charge in [0.15, 0.2) is 0 Å². The number of aldehydes is 1. The molecule has 0 radical (unpaired) electrons. The van der Waals surface area contributed by atoms with E-state index in [-0.39, 0.29) is 13.0 Å². The number of rotatable bonds is 8. The Hall–Kier alpha value is -2.59. The molecule has 1 amide bonds. The predicted octanol–water partition coefficient (Wildman–Crippen LogP) is 2.63. The number of hydrogen-bond donors (Lipinski definition) is 1. The fraction of sp³-hybridized carbons (Fsp3) is 0.609. The quantitative estimate of drug-likeness (QED) is 0.356. The first kappa shape index (κ1) is 26.7. The van der Waals surface area contributed by atoms with E-state index in [0.29, 0.717) is 23.1 Å². The van der Waals surface area contributed by atoms with Gasteiger partial charge >= 0.3 is 19.2 Å². The van der Waals surface area contributed by atoms with Crippen LogP contribution in [-0.4, -0.2) is 62.0 Å². The van der Waals surface area contributed by atoms with Gasteiger partial charge in [-0.05, 0) is 54.5 Å². The third kappa shape index (κ3) is 6.71. The zero-order chi connectivity index (χ0) is 25.0. The molecule has 0 saturated carbocycles. The van der Waals surface area contributed by atoms with E-state index in [4.69, 9.17) is 23.5 Å². The summed E-state index contributed by atoms with van der Waals surface area (Å²) in [5.74, 6) is -0.240. The van der Waals surface area contributed by atoms with Gasteiger partial charge in [-0.2, -0.15) is 0 Å². The Bertz CT molecular complexity index is 862. The van der Waals surface area contributed by atoms with E-state index in [1.807, 2.05) is 27.7 Å². The van der Waals surface area contributed by atoms with Crippen LogP contribution in [0.3, 0.4) is 0 Å². The Morgan fingerprint density at radius 2 is 1.76 bits per heavy atom. The van der Waals surface area contributed by atoms with Gasteiger partial charge in [0.2, 0.25) is 0 Å². The first-order chi connectivity index (χ1) is 15.2. The number of nitrogens with one attached hydrogen (secondary N) is 1. The van der Waals surface area contributed by atoms with Crippen LogP contribution >= 0.6 is 0 Å². The van der Waals surface area contributed by atoms with Crippen molar-refractivity contribution in [3.05, 3.63) is 23.8 Å². The van der Waals surface area contributed by atoms with Crippen molar-refractivity contribution in [3.63, 3.8) is 0 Å². The summed E-state index contributed by atoms with van der Waals surface area (Å²) in [6.07, 6.45) is 0.0907. The minimum Gasteiger partial charge on any atom is -0.494 e. The lowest BCUT2D eigenvalue weighted by atomic mass is 9.75. The molecule has 0 aliphatic carbocycles. The van der Waals surface area contributed by atoms with Crippen LogP contribution in [0.15, 0.2) is 18.2 Å². The number of hydrogen-bond acceptors (Lipinski definition) is 8. The molecule has 1 fully saturated rings. The highest BCUT2D eigenvalue weighted by atomic mass is 16.7. The second kappa shape index (κ2) is 10.1. The van der Waals surface area contributed by atoms with Crippen LogP contribution < -0.4 is 15.5 Å². The first-order valence-electron chi connectivity index (χ1n) is 10.8. The molecule has 0 spiro atoms. The summed E-state index contributed by atoms with van der Waals surface area (Å²) in [4.78, 5) is 36.0. The highest BCUT2D eigenvalue weighted by Crippen LogP contribution is 2.37. The van der Waals surface area contributed by atoms with Crippen molar-refractivity contribution in [1.82, 2.24) is 5.32 Å². The summed E-state index contributed by atoms with van der Waals surface area (Å²) in [6, 6.07) is 4.06. The van der Waals surface area contributed by atoms with E-state index in [1.54, 1.807) is 39.0 Å². The van der Waals surface area contributed by atoms with Gasteiger partial charge in [0.05, 0.1) is 24.9 Å². The predicted molar refractivity (Wildman–Crippen MR) is 123 cm³/mol. The molecule has 1 aliphatic rings. The topological polar surface area (TPSA) is 109 Å². The summed E-state index contributed by atoms with van der Waals surface area (Å²) in [5, 5.41) is 2.50. The van der Waals surface area contributed by atoms with E-state index in [1.165, 1.54) is 7.11 Å². The van der Waals surface area contributed by atoms with Gasteiger partial charge in [0, 0.05) is 17.4 Å². The van der Waals surface area contributed by atoms with Gasteiger partial charge in [0.25, 0.3) is 0 Å². The van der Waals surface area contributed by atoms with Crippen LogP contribution in [-0.2, 0) is 23.6 Å². The summed E-state index contributed by atoms with van der Waals surface area (Å²) >= 11 is 0. The molecule has 2 rings (SSSR count). The smallest absolute Gasteiger partial charge is 0.494 e. The van der Waals surface area contributed by atoms with Crippen molar-refractivity contribution in [2.75, 3.05) is 13.7 Å². The van der Waals surface area contributed by atoms with Crippen molar-refractivity contribution in [3.8, 4) is 5.75 Å². The molecule has 182 valence electrons. The zero-order valence-electron chi connectivity index (χ0n) is 20.6. The Kier molecular flexibility index (Phi) is 8.19. The van der Waals surface area contributed by atoms with Gasteiger partial charge in [-0.3, -0.25) is 4.79 Å². The van der Waals surface area contributed by atoms with E-state index in [0.717, 1.165) is 0 Å². The third-order valence-electron chi connectivity index (χ3n) is 5.56. The molecule has 1 aromatic rings. The fourth-order valence-corrected chi connectivity index (χ4v) is 3.13.